The number of carbonyl (C=O) groups is 1. The molecule has 2 aromatic rings. The van der Waals surface area contributed by atoms with Gasteiger partial charge in [-0.2, -0.15) is 0 Å². The molecule has 1 aromatic carbocycles. The average molecular weight is 352 g/mol. The Morgan fingerprint density at radius 2 is 2.08 bits per heavy atom. The Bertz CT molecular complexity index is 908. The predicted molar refractivity (Wildman–Crippen MR) is 99.4 cm³/mol. The summed E-state index contributed by atoms with van der Waals surface area (Å²) in [5.41, 5.74) is 4.43. The van der Waals surface area contributed by atoms with Gasteiger partial charge in [-0.05, 0) is 31.7 Å². The second-order valence-corrected chi connectivity index (χ2v) is 7.87. The highest BCUT2D eigenvalue weighted by atomic mass is 16.5. The Balaban J connectivity index is 1.94. The van der Waals surface area contributed by atoms with Gasteiger partial charge in [-0.3, -0.25) is 4.79 Å². The van der Waals surface area contributed by atoms with Crippen molar-refractivity contribution >= 4 is 11.7 Å². The smallest absolute Gasteiger partial charge is 0.233 e. The van der Waals surface area contributed by atoms with Gasteiger partial charge in [0.05, 0.1) is 23.8 Å². The summed E-state index contributed by atoms with van der Waals surface area (Å²) in [5.74, 6) is 1.42. The maximum absolute atomic E-state index is 13.2. The molecule has 5 heteroatoms. The molecule has 1 aliphatic heterocycles. The Morgan fingerprint density at radius 1 is 1.31 bits per heavy atom. The first kappa shape index (κ1) is 16.9. The van der Waals surface area contributed by atoms with Gasteiger partial charge in [0.1, 0.15) is 5.75 Å². The lowest BCUT2D eigenvalue weighted by Crippen LogP contribution is -2.33. The lowest BCUT2D eigenvalue weighted by atomic mass is 9.69. The van der Waals surface area contributed by atoms with Gasteiger partial charge in [0, 0.05) is 23.3 Å². The number of fused-ring (bicyclic) bond motifs is 1. The fourth-order valence-electron chi connectivity index (χ4n) is 4.19. The SMILES string of the molecule is CCOc1ccccc1[C@@H]1C2=C(CC(C)(C)CC2=O)Nc2onc(C)c21. The molecular weight excluding hydrogens is 328 g/mol. The van der Waals surface area contributed by atoms with E-state index in [0.29, 0.717) is 18.9 Å². The second-order valence-electron chi connectivity index (χ2n) is 7.87. The molecule has 0 fully saturated rings. The molecular formula is C21H24N2O3. The van der Waals surface area contributed by atoms with Crippen LogP contribution in [-0.2, 0) is 4.79 Å². The molecule has 4 rings (SSSR count). The highest BCUT2D eigenvalue weighted by Crippen LogP contribution is 2.51. The van der Waals surface area contributed by atoms with Crippen LogP contribution in [0, 0.1) is 12.3 Å². The standard InChI is InChI=1S/C21H24N2O3/c1-5-25-16-9-7-6-8-13(16)18-17-12(2)23-26-20(17)22-14-10-21(3,4)11-15(24)19(14)18/h6-9,18,22H,5,10-11H2,1-4H3/t18-/m0/s1. The van der Waals surface area contributed by atoms with Crippen LogP contribution in [-0.4, -0.2) is 17.5 Å². The quantitative estimate of drug-likeness (QED) is 0.876. The van der Waals surface area contributed by atoms with E-state index in [2.05, 4.69) is 24.3 Å². The third-order valence-corrected chi connectivity index (χ3v) is 5.20. The molecule has 5 nitrogen and oxygen atoms in total. The van der Waals surface area contributed by atoms with Crippen molar-refractivity contribution in [2.24, 2.45) is 5.41 Å². The van der Waals surface area contributed by atoms with Crippen LogP contribution >= 0.6 is 0 Å². The van der Waals surface area contributed by atoms with E-state index in [-0.39, 0.29) is 17.1 Å². The third kappa shape index (κ3) is 2.62. The topological polar surface area (TPSA) is 64.4 Å². The van der Waals surface area contributed by atoms with E-state index in [9.17, 15) is 4.79 Å². The molecule has 0 saturated heterocycles. The van der Waals surface area contributed by atoms with Crippen LogP contribution in [0.4, 0.5) is 5.88 Å². The van der Waals surface area contributed by atoms with E-state index in [1.165, 1.54) is 0 Å². The number of aromatic nitrogens is 1. The molecule has 1 aliphatic carbocycles. The second kappa shape index (κ2) is 6.01. The molecule has 1 atom stereocenters. The number of carbonyl (C=O) groups excluding carboxylic acids is 1. The molecule has 2 aliphatic rings. The van der Waals surface area contributed by atoms with Crippen molar-refractivity contribution in [2.75, 3.05) is 11.9 Å². The van der Waals surface area contributed by atoms with Gasteiger partial charge in [0.15, 0.2) is 5.78 Å². The summed E-state index contributed by atoms with van der Waals surface area (Å²) < 4.78 is 11.4. The number of allylic oxidation sites excluding steroid dienone is 2. The van der Waals surface area contributed by atoms with E-state index < -0.39 is 0 Å². The average Bonchev–Trinajstić information content (AvgIpc) is 2.94. The Morgan fingerprint density at radius 3 is 2.85 bits per heavy atom. The first-order chi connectivity index (χ1) is 12.4. The Kier molecular flexibility index (Phi) is 3.90. The van der Waals surface area contributed by atoms with Gasteiger partial charge in [0.2, 0.25) is 5.88 Å². The molecule has 26 heavy (non-hydrogen) atoms. The molecule has 2 heterocycles. The van der Waals surface area contributed by atoms with Gasteiger partial charge in [-0.25, -0.2) is 0 Å². The number of para-hydroxylation sites is 1. The predicted octanol–water partition coefficient (Wildman–Crippen LogP) is 4.58. The third-order valence-electron chi connectivity index (χ3n) is 5.20. The van der Waals surface area contributed by atoms with Crippen molar-refractivity contribution in [3.8, 4) is 5.75 Å². The largest absolute Gasteiger partial charge is 0.494 e. The zero-order chi connectivity index (χ0) is 18.5. The number of aryl methyl sites for hydroxylation is 1. The van der Waals surface area contributed by atoms with Crippen molar-refractivity contribution in [1.29, 1.82) is 0 Å². The van der Waals surface area contributed by atoms with Crippen molar-refractivity contribution in [2.45, 2.75) is 46.5 Å². The molecule has 0 saturated carbocycles. The lowest BCUT2D eigenvalue weighted by Gasteiger charge is -2.38. The van der Waals surface area contributed by atoms with E-state index in [1.54, 1.807) is 0 Å². The first-order valence-electron chi connectivity index (χ1n) is 9.12. The van der Waals surface area contributed by atoms with Gasteiger partial charge >= 0.3 is 0 Å². The summed E-state index contributed by atoms with van der Waals surface area (Å²) in [4.78, 5) is 13.2. The minimum Gasteiger partial charge on any atom is -0.494 e. The number of ether oxygens (including phenoxy) is 1. The fraction of sp³-hybridized carbons (Fsp3) is 0.429. The van der Waals surface area contributed by atoms with Crippen molar-refractivity contribution in [3.63, 3.8) is 0 Å². The number of nitrogens with zero attached hydrogens (tertiary/aromatic N) is 1. The van der Waals surface area contributed by atoms with Gasteiger partial charge in [-0.15, -0.1) is 0 Å². The van der Waals surface area contributed by atoms with Gasteiger partial charge in [0.25, 0.3) is 0 Å². The maximum Gasteiger partial charge on any atom is 0.233 e. The van der Waals surface area contributed by atoms with E-state index in [4.69, 9.17) is 9.26 Å². The highest BCUT2D eigenvalue weighted by Gasteiger charge is 2.43. The van der Waals surface area contributed by atoms with Crippen LogP contribution in [0.3, 0.4) is 0 Å². The molecule has 0 spiro atoms. The Labute approximate surface area is 153 Å². The molecule has 0 radical (unpaired) electrons. The number of hydrogen-bond acceptors (Lipinski definition) is 5. The molecule has 1 N–H and O–H groups in total. The molecule has 0 amide bonds. The van der Waals surface area contributed by atoms with Crippen LogP contribution in [0.1, 0.15) is 56.4 Å². The van der Waals surface area contributed by atoms with Gasteiger partial charge < -0.3 is 14.6 Å². The van der Waals surface area contributed by atoms with Crippen LogP contribution < -0.4 is 10.1 Å². The van der Waals surface area contributed by atoms with Crippen LogP contribution in [0.2, 0.25) is 0 Å². The fourth-order valence-corrected chi connectivity index (χ4v) is 4.19. The number of nitrogens with one attached hydrogen (secondary N) is 1. The minimum atomic E-state index is -0.209. The first-order valence-corrected chi connectivity index (χ1v) is 9.12. The van der Waals surface area contributed by atoms with E-state index in [1.807, 2.05) is 38.1 Å². The van der Waals surface area contributed by atoms with Crippen LogP contribution in [0.25, 0.3) is 0 Å². The molecule has 1 aromatic heterocycles. The lowest BCUT2D eigenvalue weighted by molar-refractivity contribution is -0.118. The van der Waals surface area contributed by atoms with Crippen molar-refractivity contribution in [1.82, 2.24) is 5.16 Å². The minimum absolute atomic E-state index is 0.0700. The van der Waals surface area contributed by atoms with Gasteiger partial charge in [-0.1, -0.05) is 37.2 Å². The number of ketones is 1. The molecule has 0 bridgehead atoms. The van der Waals surface area contributed by atoms with Crippen LogP contribution in [0.15, 0.2) is 40.1 Å². The summed E-state index contributed by atoms with van der Waals surface area (Å²) in [7, 11) is 0. The highest BCUT2D eigenvalue weighted by molar-refractivity contribution is 6.01. The van der Waals surface area contributed by atoms with Crippen molar-refractivity contribution in [3.05, 3.63) is 52.4 Å². The molecule has 136 valence electrons. The molecule has 0 unspecified atom stereocenters. The summed E-state index contributed by atoms with van der Waals surface area (Å²) in [6.07, 6.45) is 1.35. The number of Topliss-reactive ketones (excluding diaryl/α,β-unsaturated/α-hetero) is 1. The normalized spacial score (nSPS) is 21.1. The van der Waals surface area contributed by atoms with E-state index >= 15 is 0 Å². The number of anilines is 1. The van der Waals surface area contributed by atoms with Crippen LogP contribution in [0.5, 0.6) is 5.75 Å². The summed E-state index contributed by atoms with van der Waals surface area (Å²) in [6, 6.07) is 7.94. The maximum atomic E-state index is 13.2. The summed E-state index contributed by atoms with van der Waals surface area (Å²) >= 11 is 0. The summed E-state index contributed by atoms with van der Waals surface area (Å²) in [6.45, 7) is 8.71. The summed E-state index contributed by atoms with van der Waals surface area (Å²) in [5, 5.41) is 7.50. The monoisotopic (exact) mass is 352 g/mol. The zero-order valence-electron chi connectivity index (χ0n) is 15.7. The van der Waals surface area contributed by atoms with Crippen molar-refractivity contribution < 1.29 is 14.1 Å². The number of benzene rings is 1. The Hall–Kier alpha value is -2.56. The zero-order valence-corrected chi connectivity index (χ0v) is 15.7. The number of rotatable bonds is 3. The van der Waals surface area contributed by atoms with E-state index in [0.717, 1.165) is 40.3 Å². The number of hydrogen-bond donors (Lipinski definition) is 1.